The smallest absolute Gasteiger partial charge is 0.317 e. The van der Waals surface area contributed by atoms with E-state index in [9.17, 15) is 9.59 Å². The average molecular weight is 295 g/mol. The van der Waals surface area contributed by atoms with E-state index in [1.807, 2.05) is 17.2 Å². The lowest BCUT2D eigenvalue weighted by molar-refractivity contribution is -0.119. The fraction of sp³-hybridized carbons (Fsp3) is 0.571. The van der Waals surface area contributed by atoms with Crippen LogP contribution in [-0.4, -0.2) is 29.9 Å². The molecule has 2 heterocycles. The van der Waals surface area contributed by atoms with Crippen molar-refractivity contribution in [2.45, 2.75) is 32.7 Å². The minimum atomic E-state index is -0.249. The van der Waals surface area contributed by atoms with Gasteiger partial charge in [0, 0.05) is 24.4 Å². The van der Waals surface area contributed by atoms with Gasteiger partial charge in [-0.1, -0.05) is 0 Å². The fourth-order valence-electron chi connectivity index (χ4n) is 2.48. The fourth-order valence-corrected chi connectivity index (χ4v) is 3.32. The molecule has 1 aliphatic heterocycles. The Morgan fingerprint density at radius 2 is 2.15 bits per heavy atom. The number of aryl methyl sites for hydroxylation is 1. The van der Waals surface area contributed by atoms with Crippen LogP contribution in [0.25, 0.3) is 0 Å². The highest BCUT2D eigenvalue weighted by Crippen LogP contribution is 2.20. The van der Waals surface area contributed by atoms with Crippen LogP contribution < -0.4 is 11.1 Å². The number of carbonyl (C=O) groups excluding carboxylic acids is 2. The standard InChI is InChI=1S/C14H21N3O2S/c1-10-4-7-20-12(10)9-16-14(19)17-5-2-11(3-6-17)8-13(15)18/h4,7,11H,2-3,5-6,8-9H2,1H3,(H2,15,18)(H,16,19). The predicted octanol–water partition coefficient (Wildman–Crippen LogP) is 1.85. The lowest BCUT2D eigenvalue weighted by atomic mass is 9.93. The van der Waals surface area contributed by atoms with Crippen LogP contribution in [0.3, 0.4) is 0 Å². The van der Waals surface area contributed by atoms with Crippen molar-refractivity contribution in [3.05, 3.63) is 21.9 Å². The van der Waals surface area contributed by atoms with Crippen LogP contribution in [0.4, 0.5) is 4.79 Å². The molecule has 0 bridgehead atoms. The normalized spacial score (nSPS) is 16.1. The number of primary amides is 1. The first-order valence-corrected chi connectivity index (χ1v) is 7.78. The van der Waals surface area contributed by atoms with Gasteiger partial charge in [0.25, 0.3) is 0 Å². The van der Waals surface area contributed by atoms with Gasteiger partial charge in [-0.2, -0.15) is 0 Å². The summed E-state index contributed by atoms with van der Waals surface area (Å²) in [5.74, 6) is 0.0807. The van der Waals surface area contributed by atoms with Crippen molar-refractivity contribution in [3.63, 3.8) is 0 Å². The van der Waals surface area contributed by atoms with Crippen LogP contribution >= 0.6 is 11.3 Å². The summed E-state index contributed by atoms with van der Waals surface area (Å²) in [6.45, 7) is 4.04. The summed E-state index contributed by atoms with van der Waals surface area (Å²) in [6, 6.07) is 2.04. The minimum Gasteiger partial charge on any atom is -0.370 e. The van der Waals surface area contributed by atoms with Crippen molar-refractivity contribution in [2.75, 3.05) is 13.1 Å². The predicted molar refractivity (Wildman–Crippen MR) is 79.4 cm³/mol. The third-order valence-electron chi connectivity index (χ3n) is 3.76. The van der Waals surface area contributed by atoms with E-state index in [2.05, 4.69) is 11.4 Å². The lowest BCUT2D eigenvalue weighted by Gasteiger charge is -2.31. The summed E-state index contributed by atoms with van der Waals surface area (Å²) < 4.78 is 0. The van der Waals surface area contributed by atoms with Crippen molar-refractivity contribution >= 4 is 23.3 Å². The molecule has 1 aliphatic rings. The summed E-state index contributed by atoms with van der Waals surface area (Å²) in [5.41, 5.74) is 6.42. The van der Waals surface area contributed by atoms with E-state index >= 15 is 0 Å². The van der Waals surface area contributed by atoms with Crippen molar-refractivity contribution in [3.8, 4) is 0 Å². The number of hydrogen-bond acceptors (Lipinski definition) is 3. The zero-order valence-corrected chi connectivity index (χ0v) is 12.5. The maximum absolute atomic E-state index is 12.1. The van der Waals surface area contributed by atoms with Gasteiger partial charge in [-0.05, 0) is 42.7 Å². The lowest BCUT2D eigenvalue weighted by Crippen LogP contribution is -2.44. The third kappa shape index (κ3) is 3.96. The van der Waals surface area contributed by atoms with Crippen LogP contribution in [0.5, 0.6) is 0 Å². The van der Waals surface area contributed by atoms with E-state index in [-0.39, 0.29) is 11.9 Å². The van der Waals surface area contributed by atoms with Gasteiger partial charge in [-0.3, -0.25) is 4.79 Å². The van der Waals surface area contributed by atoms with E-state index in [0.717, 1.165) is 12.8 Å². The SMILES string of the molecule is Cc1ccsc1CNC(=O)N1CCC(CC(N)=O)CC1. The Balaban J connectivity index is 1.74. The number of urea groups is 1. The second-order valence-corrected chi connectivity index (χ2v) is 6.29. The van der Waals surface area contributed by atoms with Crippen LogP contribution in [0.2, 0.25) is 0 Å². The van der Waals surface area contributed by atoms with Crippen molar-refractivity contribution in [2.24, 2.45) is 11.7 Å². The molecule has 2 rings (SSSR count). The number of nitrogens with two attached hydrogens (primary N) is 1. The van der Waals surface area contributed by atoms with E-state index < -0.39 is 0 Å². The third-order valence-corrected chi connectivity index (χ3v) is 4.78. The molecular formula is C14H21N3O2S. The minimum absolute atomic E-state index is 0.0182. The number of piperidine rings is 1. The number of nitrogens with one attached hydrogen (secondary N) is 1. The molecule has 0 radical (unpaired) electrons. The zero-order chi connectivity index (χ0) is 14.5. The van der Waals surface area contributed by atoms with Crippen LogP contribution in [-0.2, 0) is 11.3 Å². The van der Waals surface area contributed by atoms with Crippen LogP contribution in [0.15, 0.2) is 11.4 Å². The van der Waals surface area contributed by atoms with E-state index in [1.165, 1.54) is 10.4 Å². The van der Waals surface area contributed by atoms with Crippen molar-refractivity contribution in [1.82, 2.24) is 10.2 Å². The number of thiophene rings is 1. The molecule has 3 amide bonds. The Morgan fingerprint density at radius 3 is 2.70 bits per heavy atom. The summed E-state index contributed by atoms with van der Waals surface area (Å²) in [7, 11) is 0. The Kier molecular flexibility index (Phi) is 5.00. The Labute approximate surface area is 123 Å². The monoisotopic (exact) mass is 295 g/mol. The number of amides is 3. The summed E-state index contributed by atoms with van der Waals surface area (Å²) in [6.07, 6.45) is 2.15. The van der Waals surface area contributed by atoms with E-state index in [0.29, 0.717) is 32.0 Å². The van der Waals surface area contributed by atoms with Gasteiger partial charge >= 0.3 is 6.03 Å². The van der Waals surface area contributed by atoms with Crippen molar-refractivity contribution < 1.29 is 9.59 Å². The first kappa shape index (κ1) is 14.8. The van der Waals surface area contributed by atoms with Crippen molar-refractivity contribution in [1.29, 1.82) is 0 Å². The molecule has 5 nitrogen and oxygen atoms in total. The molecule has 0 aliphatic carbocycles. The molecule has 0 saturated carbocycles. The molecule has 1 fully saturated rings. The largest absolute Gasteiger partial charge is 0.370 e. The summed E-state index contributed by atoms with van der Waals surface area (Å²) in [5, 5.41) is 4.99. The van der Waals surface area contributed by atoms with Crippen LogP contribution in [0.1, 0.15) is 29.7 Å². The molecule has 3 N–H and O–H groups in total. The highest BCUT2D eigenvalue weighted by molar-refractivity contribution is 7.10. The molecule has 0 unspecified atom stereocenters. The number of hydrogen-bond donors (Lipinski definition) is 2. The first-order valence-electron chi connectivity index (χ1n) is 6.90. The quantitative estimate of drug-likeness (QED) is 0.889. The molecule has 110 valence electrons. The average Bonchev–Trinajstić information content (AvgIpc) is 2.82. The molecule has 1 aromatic heterocycles. The maximum Gasteiger partial charge on any atom is 0.317 e. The highest BCUT2D eigenvalue weighted by atomic mass is 32.1. The Morgan fingerprint density at radius 1 is 1.45 bits per heavy atom. The summed E-state index contributed by atoms with van der Waals surface area (Å²) >= 11 is 1.66. The van der Waals surface area contributed by atoms with Gasteiger partial charge in [0.15, 0.2) is 0 Å². The van der Waals surface area contributed by atoms with Gasteiger partial charge < -0.3 is 16.0 Å². The maximum atomic E-state index is 12.1. The zero-order valence-electron chi connectivity index (χ0n) is 11.7. The van der Waals surface area contributed by atoms with Gasteiger partial charge in [0.2, 0.25) is 5.91 Å². The number of rotatable bonds is 4. The first-order chi connectivity index (χ1) is 9.56. The Bertz CT molecular complexity index is 479. The second-order valence-electron chi connectivity index (χ2n) is 5.29. The van der Waals surface area contributed by atoms with E-state index in [1.54, 1.807) is 11.3 Å². The van der Waals surface area contributed by atoms with Gasteiger partial charge in [0.1, 0.15) is 0 Å². The molecular weight excluding hydrogens is 274 g/mol. The molecule has 0 atom stereocenters. The number of nitrogens with zero attached hydrogens (tertiary/aromatic N) is 1. The van der Waals surface area contributed by atoms with Crippen LogP contribution in [0, 0.1) is 12.8 Å². The van der Waals surface area contributed by atoms with E-state index in [4.69, 9.17) is 5.73 Å². The molecule has 1 saturated heterocycles. The Hall–Kier alpha value is -1.56. The molecule has 20 heavy (non-hydrogen) atoms. The molecule has 6 heteroatoms. The van der Waals surface area contributed by atoms with Gasteiger partial charge in [0.05, 0.1) is 6.54 Å². The molecule has 0 aromatic carbocycles. The molecule has 1 aromatic rings. The second kappa shape index (κ2) is 6.74. The van der Waals surface area contributed by atoms with Gasteiger partial charge in [-0.25, -0.2) is 4.79 Å². The van der Waals surface area contributed by atoms with Gasteiger partial charge in [-0.15, -0.1) is 11.3 Å². The number of carbonyl (C=O) groups is 2. The molecule has 0 spiro atoms. The number of likely N-dealkylation sites (tertiary alicyclic amines) is 1. The highest BCUT2D eigenvalue weighted by Gasteiger charge is 2.23. The topological polar surface area (TPSA) is 75.4 Å². The summed E-state index contributed by atoms with van der Waals surface area (Å²) in [4.78, 5) is 26.0.